The van der Waals surface area contributed by atoms with Gasteiger partial charge in [-0.05, 0) is 37.3 Å². The summed E-state index contributed by atoms with van der Waals surface area (Å²) in [4.78, 5) is 6.71. The Morgan fingerprint density at radius 2 is 1.36 bits per heavy atom. The molecule has 144 valence electrons. The van der Waals surface area contributed by atoms with Crippen molar-refractivity contribution in [1.29, 1.82) is 0 Å². The van der Waals surface area contributed by atoms with Crippen molar-refractivity contribution in [2.45, 2.75) is 37.9 Å². The molecule has 0 N–H and O–H groups in total. The van der Waals surface area contributed by atoms with Crippen molar-refractivity contribution < 1.29 is 9.26 Å². The fraction of sp³-hybridized carbons (Fsp3) is 0.250. The highest BCUT2D eigenvalue weighted by molar-refractivity contribution is 6.69. The van der Waals surface area contributed by atoms with E-state index in [-0.39, 0.29) is 6.04 Å². The van der Waals surface area contributed by atoms with Gasteiger partial charge in [0.25, 0.3) is 0 Å². The molecule has 2 atom stereocenters. The maximum absolute atomic E-state index is 6.75. The third-order valence-electron chi connectivity index (χ3n) is 4.87. The lowest BCUT2D eigenvalue weighted by molar-refractivity contribution is -0.172. The van der Waals surface area contributed by atoms with Crippen LogP contribution in [-0.4, -0.2) is 8.32 Å². The van der Waals surface area contributed by atoms with Crippen LogP contribution in [0.2, 0.25) is 19.6 Å². The third-order valence-corrected chi connectivity index (χ3v) is 5.81. The zero-order chi connectivity index (χ0) is 19.6. The minimum absolute atomic E-state index is 0.0696. The van der Waals surface area contributed by atoms with Gasteiger partial charge in [0.05, 0.1) is 11.7 Å². The number of nitrogens with zero attached hydrogens (tertiary/aromatic N) is 1. The molecule has 4 heteroatoms. The van der Waals surface area contributed by atoms with Crippen molar-refractivity contribution in [2.75, 3.05) is 5.06 Å². The summed E-state index contributed by atoms with van der Waals surface area (Å²) in [5, 5.41) is 2.03. The smallest absolute Gasteiger partial charge is 0.213 e. The van der Waals surface area contributed by atoms with Crippen molar-refractivity contribution in [3.05, 3.63) is 102 Å². The van der Waals surface area contributed by atoms with E-state index in [0.717, 1.165) is 17.7 Å². The van der Waals surface area contributed by atoms with Gasteiger partial charge in [-0.3, -0.25) is 0 Å². The number of benzene rings is 3. The summed E-state index contributed by atoms with van der Waals surface area (Å²) < 4.78 is 6.75. The fourth-order valence-electron chi connectivity index (χ4n) is 3.81. The number of hydrogen-bond donors (Lipinski definition) is 0. The average molecular weight is 390 g/mol. The molecule has 1 saturated heterocycles. The first kappa shape index (κ1) is 18.9. The van der Waals surface area contributed by atoms with Crippen LogP contribution in [0.4, 0.5) is 5.69 Å². The largest absolute Gasteiger partial charge is 0.386 e. The molecule has 28 heavy (non-hydrogen) atoms. The van der Waals surface area contributed by atoms with E-state index in [1.54, 1.807) is 0 Å². The second-order valence-corrected chi connectivity index (χ2v) is 12.6. The van der Waals surface area contributed by atoms with Crippen LogP contribution in [0.15, 0.2) is 91.0 Å². The molecule has 4 rings (SSSR count). The molecule has 0 radical (unpaired) electrons. The second kappa shape index (κ2) is 7.55. The first-order valence-corrected chi connectivity index (χ1v) is 13.2. The normalized spacial score (nSPS) is 22.4. The molecule has 0 amide bonds. The van der Waals surface area contributed by atoms with Crippen LogP contribution in [-0.2, 0) is 15.1 Å². The Kier molecular flexibility index (Phi) is 5.10. The fourth-order valence-corrected chi connectivity index (χ4v) is 5.04. The van der Waals surface area contributed by atoms with Gasteiger partial charge in [-0.15, -0.1) is 0 Å². The van der Waals surface area contributed by atoms with Crippen LogP contribution < -0.4 is 5.06 Å². The number of rotatable bonds is 5. The minimum atomic E-state index is -1.89. The Bertz CT molecular complexity index is 847. The Balaban J connectivity index is 1.82. The van der Waals surface area contributed by atoms with Gasteiger partial charge < -0.3 is 4.43 Å². The highest BCUT2D eigenvalue weighted by Gasteiger charge is 2.50. The van der Waals surface area contributed by atoms with Crippen LogP contribution in [0, 0.1) is 0 Å². The van der Waals surface area contributed by atoms with Crippen molar-refractivity contribution in [2.24, 2.45) is 0 Å². The molecule has 0 aliphatic carbocycles. The zero-order valence-corrected chi connectivity index (χ0v) is 17.7. The molecule has 3 nitrogen and oxygen atoms in total. The van der Waals surface area contributed by atoms with Gasteiger partial charge in [0.1, 0.15) is 0 Å². The van der Waals surface area contributed by atoms with E-state index in [1.165, 1.54) is 5.56 Å². The molecule has 2 unspecified atom stereocenters. The summed E-state index contributed by atoms with van der Waals surface area (Å²) in [6.45, 7) is 6.64. The Hall–Kier alpha value is -2.40. The summed E-state index contributed by atoms with van der Waals surface area (Å²) in [5.41, 5.74) is 3.33. The van der Waals surface area contributed by atoms with Crippen molar-refractivity contribution in [3.8, 4) is 0 Å². The first-order valence-electron chi connectivity index (χ1n) is 9.81. The predicted molar refractivity (Wildman–Crippen MR) is 116 cm³/mol. The number of hydroxylamine groups is 1. The van der Waals surface area contributed by atoms with Gasteiger partial charge in [-0.2, -0.15) is 0 Å². The van der Waals surface area contributed by atoms with Crippen molar-refractivity contribution in [1.82, 2.24) is 0 Å². The van der Waals surface area contributed by atoms with Crippen molar-refractivity contribution in [3.63, 3.8) is 0 Å². The minimum Gasteiger partial charge on any atom is -0.386 e. The number of hydrogen-bond acceptors (Lipinski definition) is 3. The second-order valence-electron chi connectivity index (χ2n) is 8.22. The molecule has 0 bridgehead atoms. The van der Waals surface area contributed by atoms with Crippen LogP contribution >= 0.6 is 0 Å². The predicted octanol–water partition coefficient (Wildman–Crippen LogP) is 6.27. The molecule has 0 saturated carbocycles. The van der Waals surface area contributed by atoms with Crippen LogP contribution in [0.1, 0.15) is 23.6 Å². The molecule has 3 aromatic rings. The standard InChI is InChI=1S/C24H27NO2Si/c1-28(2,3)27-24(21-15-9-5-10-16-21)19-23(20-13-7-4-8-14-20)25(26-24)22-17-11-6-12-18-22/h4-18,23H,19H2,1-3H3. The van der Waals surface area contributed by atoms with E-state index in [9.17, 15) is 0 Å². The quantitative estimate of drug-likeness (QED) is 0.480. The molecule has 1 aliphatic rings. The van der Waals surface area contributed by atoms with Gasteiger partial charge in [-0.1, -0.05) is 78.9 Å². The number of anilines is 1. The molecule has 1 fully saturated rings. The lowest BCUT2D eigenvalue weighted by atomic mass is 9.95. The van der Waals surface area contributed by atoms with Crippen LogP contribution in [0.25, 0.3) is 0 Å². The Labute approximate surface area is 168 Å². The molecule has 0 spiro atoms. The van der Waals surface area contributed by atoms with E-state index < -0.39 is 14.1 Å². The Morgan fingerprint density at radius 3 is 1.93 bits per heavy atom. The van der Waals surface area contributed by atoms with Gasteiger partial charge in [0.15, 0.2) is 8.32 Å². The lowest BCUT2D eigenvalue weighted by Gasteiger charge is -2.35. The molecular formula is C24H27NO2Si. The van der Waals surface area contributed by atoms with Gasteiger partial charge in [-0.25, -0.2) is 9.90 Å². The summed E-state index contributed by atoms with van der Waals surface area (Å²) in [6, 6.07) is 31.3. The highest BCUT2D eigenvalue weighted by Crippen LogP contribution is 2.50. The maximum Gasteiger partial charge on any atom is 0.213 e. The summed E-state index contributed by atoms with van der Waals surface area (Å²) in [6.07, 6.45) is 0.736. The molecular weight excluding hydrogens is 362 g/mol. The van der Waals surface area contributed by atoms with Gasteiger partial charge in [0.2, 0.25) is 5.79 Å². The molecule has 3 aromatic carbocycles. The highest BCUT2D eigenvalue weighted by atomic mass is 28.4. The summed E-state index contributed by atoms with van der Waals surface area (Å²) in [5.74, 6) is -0.790. The number of para-hydroxylation sites is 1. The van der Waals surface area contributed by atoms with E-state index in [1.807, 2.05) is 29.3 Å². The summed E-state index contributed by atoms with van der Waals surface area (Å²) >= 11 is 0. The van der Waals surface area contributed by atoms with Crippen molar-refractivity contribution >= 4 is 14.0 Å². The Morgan fingerprint density at radius 1 is 0.821 bits per heavy atom. The third kappa shape index (κ3) is 3.90. The SMILES string of the molecule is C[Si](C)(C)OC1(c2ccccc2)CC(c2ccccc2)N(c2ccccc2)O1. The first-order chi connectivity index (χ1) is 13.5. The van der Waals surface area contributed by atoms with E-state index in [4.69, 9.17) is 9.26 Å². The lowest BCUT2D eigenvalue weighted by Crippen LogP contribution is -2.41. The average Bonchev–Trinajstić information content (AvgIpc) is 3.09. The topological polar surface area (TPSA) is 21.7 Å². The van der Waals surface area contributed by atoms with E-state index in [2.05, 4.69) is 86.4 Å². The molecule has 1 aliphatic heterocycles. The van der Waals surface area contributed by atoms with E-state index >= 15 is 0 Å². The van der Waals surface area contributed by atoms with Crippen LogP contribution in [0.3, 0.4) is 0 Å². The molecule has 1 heterocycles. The molecule has 0 aromatic heterocycles. The van der Waals surface area contributed by atoms with Crippen LogP contribution in [0.5, 0.6) is 0 Å². The summed E-state index contributed by atoms with van der Waals surface area (Å²) in [7, 11) is -1.89. The monoisotopic (exact) mass is 389 g/mol. The van der Waals surface area contributed by atoms with E-state index in [0.29, 0.717) is 0 Å². The van der Waals surface area contributed by atoms with Gasteiger partial charge >= 0.3 is 0 Å². The van der Waals surface area contributed by atoms with Gasteiger partial charge in [0, 0.05) is 12.0 Å². The zero-order valence-electron chi connectivity index (χ0n) is 16.7. The maximum atomic E-state index is 6.75.